The number of carbonyl (C=O) groups excluding carboxylic acids is 2. The molecule has 0 amide bonds. The third-order valence-corrected chi connectivity index (χ3v) is 3.50. The van der Waals surface area contributed by atoms with Crippen LogP contribution in [0.25, 0.3) is 0 Å². The highest BCUT2D eigenvalue weighted by molar-refractivity contribution is 8.13. The molecule has 6 heteroatoms. The molecular formula is C11H22N2O2S2. The maximum absolute atomic E-state index is 10.6. The third kappa shape index (κ3) is 16.0. The van der Waals surface area contributed by atoms with Crippen LogP contribution in [0.15, 0.2) is 0 Å². The number of hydrogen-bond donors (Lipinski definition) is 2. The quantitative estimate of drug-likeness (QED) is 0.584. The summed E-state index contributed by atoms with van der Waals surface area (Å²) < 4.78 is 0. The van der Waals surface area contributed by atoms with Gasteiger partial charge in [0.05, 0.1) is 0 Å². The van der Waals surface area contributed by atoms with Gasteiger partial charge in [0, 0.05) is 38.4 Å². The molecule has 0 saturated heterocycles. The molecule has 0 heterocycles. The first kappa shape index (κ1) is 17.0. The first-order chi connectivity index (χ1) is 8.13. The molecule has 100 valence electrons. The van der Waals surface area contributed by atoms with E-state index >= 15 is 0 Å². The van der Waals surface area contributed by atoms with Gasteiger partial charge >= 0.3 is 0 Å². The van der Waals surface area contributed by atoms with Gasteiger partial charge in [0.15, 0.2) is 10.2 Å². The second kappa shape index (κ2) is 12.4. The van der Waals surface area contributed by atoms with Gasteiger partial charge in [0.25, 0.3) is 0 Å². The molecule has 0 aliphatic heterocycles. The van der Waals surface area contributed by atoms with Crippen molar-refractivity contribution in [3.63, 3.8) is 0 Å². The summed E-state index contributed by atoms with van der Waals surface area (Å²) in [7, 11) is 0. The van der Waals surface area contributed by atoms with Crippen LogP contribution in [-0.2, 0) is 9.59 Å². The molecule has 0 unspecified atom stereocenters. The summed E-state index contributed by atoms with van der Waals surface area (Å²) in [4.78, 5) is 21.3. The summed E-state index contributed by atoms with van der Waals surface area (Å²) in [6, 6.07) is 0. The summed E-state index contributed by atoms with van der Waals surface area (Å²) in [6.45, 7) is 6.87. The van der Waals surface area contributed by atoms with Crippen LogP contribution in [0.2, 0.25) is 0 Å². The predicted molar refractivity (Wildman–Crippen MR) is 76.6 cm³/mol. The van der Waals surface area contributed by atoms with E-state index in [9.17, 15) is 9.59 Å². The van der Waals surface area contributed by atoms with Gasteiger partial charge in [-0.25, -0.2) is 0 Å². The van der Waals surface area contributed by atoms with E-state index in [1.807, 2.05) is 0 Å². The van der Waals surface area contributed by atoms with Crippen molar-refractivity contribution in [2.45, 2.75) is 20.3 Å². The molecule has 17 heavy (non-hydrogen) atoms. The molecule has 4 nitrogen and oxygen atoms in total. The highest BCUT2D eigenvalue weighted by atomic mass is 32.2. The standard InChI is InChI=1S/C11H22N2O2S2/c1-10(14)16-8-6-12-4-3-5-13-7-9-17-11(2)15/h12-13H,3-9H2,1-2H3. The van der Waals surface area contributed by atoms with Gasteiger partial charge < -0.3 is 10.6 Å². The highest BCUT2D eigenvalue weighted by Crippen LogP contribution is 1.98. The van der Waals surface area contributed by atoms with Crippen LogP contribution in [0.5, 0.6) is 0 Å². The van der Waals surface area contributed by atoms with Crippen molar-refractivity contribution >= 4 is 33.8 Å². The lowest BCUT2D eigenvalue weighted by Crippen LogP contribution is -2.25. The predicted octanol–water partition coefficient (Wildman–Crippen LogP) is 1.12. The van der Waals surface area contributed by atoms with Gasteiger partial charge in [-0.1, -0.05) is 23.5 Å². The fraction of sp³-hybridized carbons (Fsp3) is 0.818. The number of thioether (sulfide) groups is 2. The Balaban J connectivity index is 2.98. The molecule has 0 spiro atoms. The average molecular weight is 278 g/mol. The Labute approximate surface area is 112 Å². The molecular weight excluding hydrogens is 256 g/mol. The first-order valence-electron chi connectivity index (χ1n) is 5.81. The average Bonchev–Trinajstić information content (AvgIpc) is 2.25. The van der Waals surface area contributed by atoms with Crippen LogP contribution in [0, 0.1) is 0 Å². The van der Waals surface area contributed by atoms with Crippen molar-refractivity contribution in [3.8, 4) is 0 Å². The summed E-state index contributed by atoms with van der Waals surface area (Å²) in [5.74, 6) is 1.69. The molecule has 2 N–H and O–H groups in total. The van der Waals surface area contributed by atoms with E-state index in [1.54, 1.807) is 13.8 Å². The maximum Gasteiger partial charge on any atom is 0.185 e. The molecule has 0 rings (SSSR count). The number of carbonyl (C=O) groups is 2. The monoisotopic (exact) mass is 278 g/mol. The van der Waals surface area contributed by atoms with E-state index in [0.29, 0.717) is 0 Å². The van der Waals surface area contributed by atoms with Crippen molar-refractivity contribution in [3.05, 3.63) is 0 Å². The fourth-order valence-corrected chi connectivity index (χ4v) is 2.19. The zero-order chi connectivity index (χ0) is 12.9. The third-order valence-electron chi connectivity index (χ3n) is 1.88. The van der Waals surface area contributed by atoms with E-state index in [2.05, 4.69) is 10.6 Å². The number of rotatable bonds is 10. The van der Waals surface area contributed by atoms with Crippen LogP contribution in [0.3, 0.4) is 0 Å². The Kier molecular flexibility index (Phi) is 12.4. The fourth-order valence-electron chi connectivity index (χ4n) is 1.12. The zero-order valence-electron chi connectivity index (χ0n) is 10.6. The van der Waals surface area contributed by atoms with Gasteiger partial charge in [-0.05, 0) is 19.5 Å². The van der Waals surface area contributed by atoms with Gasteiger partial charge in [0.2, 0.25) is 0 Å². The van der Waals surface area contributed by atoms with E-state index in [1.165, 1.54) is 23.5 Å². The molecule has 0 aromatic rings. The van der Waals surface area contributed by atoms with Gasteiger partial charge in [0.1, 0.15) is 0 Å². The number of hydrogen-bond acceptors (Lipinski definition) is 6. The minimum absolute atomic E-state index is 0.177. The summed E-state index contributed by atoms with van der Waals surface area (Å²) in [5.41, 5.74) is 0. The summed E-state index contributed by atoms with van der Waals surface area (Å²) in [6.07, 6.45) is 1.06. The van der Waals surface area contributed by atoms with Gasteiger partial charge in [-0.2, -0.15) is 0 Å². The molecule has 0 saturated carbocycles. The van der Waals surface area contributed by atoms with Crippen LogP contribution in [0.4, 0.5) is 0 Å². The molecule has 0 fully saturated rings. The lowest BCUT2D eigenvalue weighted by molar-refractivity contribution is -0.109. The van der Waals surface area contributed by atoms with Crippen molar-refractivity contribution in [2.24, 2.45) is 0 Å². The Morgan fingerprint density at radius 3 is 1.59 bits per heavy atom. The lowest BCUT2D eigenvalue weighted by Gasteiger charge is -2.05. The van der Waals surface area contributed by atoms with Crippen LogP contribution in [-0.4, -0.2) is 47.9 Å². The van der Waals surface area contributed by atoms with Crippen LogP contribution in [0.1, 0.15) is 20.3 Å². The minimum Gasteiger partial charge on any atom is -0.316 e. The molecule has 0 aliphatic rings. The van der Waals surface area contributed by atoms with Crippen molar-refractivity contribution in [1.29, 1.82) is 0 Å². The second-order valence-electron chi connectivity index (χ2n) is 3.53. The van der Waals surface area contributed by atoms with Gasteiger partial charge in [-0.15, -0.1) is 0 Å². The lowest BCUT2D eigenvalue weighted by atomic mass is 10.4. The Morgan fingerprint density at radius 1 is 0.824 bits per heavy atom. The van der Waals surface area contributed by atoms with Crippen molar-refractivity contribution < 1.29 is 9.59 Å². The van der Waals surface area contributed by atoms with Crippen molar-refractivity contribution in [2.75, 3.05) is 37.7 Å². The van der Waals surface area contributed by atoms with E-state index in [4.69, 9.17) is 0 Å². The molecule has 0 aromatic carbocycles. The van der Waals surface area contributed by atoms with Crippen LogP contribution >= 0.6 is 23.5 Å². The van der Waals surface area contributed by atoms with Crippen LogP contribution < -0.4 is 10.6 Å². The normalized spacial score (nSPS) is 10.5. The Morgan fingerprint density at radius 2 is 1.24 bits per heavy atom. The maximum atomic E-state index is 10.6. The van der Waals surface area contributed by atoms with Gasteiger partial charge in [-0.3, -0.25) is 9.59 Å². The first-order valence-corrected chi connectivity index (χ1v) is 7.78. The molecule has 0 aliphatic carbocycles. The minimum atomic E-state index is 0.177. The van der Waals surface area contributed by atoms with E-state index in [-0.39, 0.29) is 10.2 Å². The Hall–Kier alpha value is -0.0400. The number of nitrogens with one attached hydrogen (secondary N) is 2. The molecule has 0 atom stereocenters. The van der Waals surface area contributed by atoms with Crippen molar-refractivity contribution in [1.82, 2.24) is 10.6 Å². The molecule has 0 radical (unpaired) electrons. The summed E-state index contributed by atoms with van der Waals surface area (Å²) in [5, 5.41) is 6.91. The molecule has 0 bridgehead atoms. The molecule has 0 aromatic heterocycles. The second-order valence-corrected chi connectivity index (χ2v) is 6.08. The largest absolute Gasteiger partial charge is 0.316 e. The Bertz CT molecular complexity index is 204. The summed E-state index contributed by atoms with van der Waals surface area (Å²) >= 11 is 2.71. The smallest absolute Gasteiger partial charge is 0.185 e. The topological polar surface area (TPSA) is 58.2 Å². The zero-order valence-corrected chi connectivity index (χ0v) is 12.2. The SMILES string of the molecule is CC(=O)SCCNCCCNCCSC(C)=O. The van der Waals surface area contributed by atoms with E-state index < -0.39 is 0 Å². The highest BCUT2D eigenvalue weighted by Gasteiger charge is 1.95. The van der Waals surface area contributed by atoms with E-state index in [0.717, 1.165) is 44.1 Å².